The van der Waals surface area contributed by atoms with Gasteiger partial charge in [0.15, 0.2) is 11.5 Å². The van der Waals surface area contributed by atoms with Gasteiger partial charge in [0.1, 0.15) is 19.0 Å². The van der Waals surface area contributed by atoms with Crippen molar-refractivity contribution in [2.24, 2.45) is 0 Å². The molecule has 1 N–H and O–H groups in total. The van der Waals surface area contributed by atoms with Crippen molar-refractivity contribution in [3.8, 4) is 11.5 Å². The molecule has 7 heteroatoms. The predicted molar refractivity (Wildman–Crippen MR) is 123 cm³/mol. The highest BCUT2D eigenvalue weighted by molar-refractivity contribution is 6.46. The van der Waals surface area contributed by atoms with Crippen LogP contribution in [0.5, 0.6) is 11.5 Å². The third kappa shape index (κ3) is 4.59. The molecular weight excluding hydrogens is 422 g/mol. The molecule has 0 aliphatic carbocycles. The number of nitrogens with zero attached hydrogens (tertiary/aromatic N) is 1. The van der Waals surface area contributed by atoms with E-state index in [1.165, 1.54) is 4.90 Å². The first-order valence-corrected chi connectivity index (χ1v) is 11.3. The van der Waals surface area contributed by atoms with Crippen LogP contribution in [0.25, 0.3) is 5.76 Å². The molecule has 2 heterocycles. The number of benzene rings is 2. The van der Waals surface area contributed by atoms with Gasteiger partial charge in [-0.05, 0) is 49.6 Å². The number of rotatable bonds is 7. The molecule has 2 aliphatic rings. The number of hydrogen-bond donors (Lipinski definition) is 1. The summed E-state index contributed by atoms with van der Waals surface area (Å²) in [6, 6.07) is 12.0. The average molecular weight is 452 g/mol. The number of aliphatic hydroxyl groups is 1. The molecule has 0 radical (unpaired) electrons. The van der Waals surface area contributed by atoms with Crippen LogP contribution < -0.4 is 9.47 Å². The summed E-state index contributed by atoms with van der Waals surface area (Å²) in [5.41, 5.74) is 2.36. The average Bonchev–Trinajstić information content (AvgIpc) is 3.08. The second-order valence-electron chi connectivity index (χ2n) is 8.37. The summed E-state index contributed by atoms with van der Waals surface area (Å²) in [6.07, 6.45) is 0.877. The van der Waals surface area contributed by atoms with Gasteiger partial charge in [-0.1, -0.05) is 31.2 Å². The van der Waals surface area contributed by atoms with E-state index in [2.05, 4.69) is 6.92 Å². The summed E-state index contributed by atoms with van der Waals surface area (Å²) >= 11 is 0. The number of aryl methyl sites for hydroxylation is 1. The molecule has 1 unspecified atom stereocenters. The molecule has 0 aromatic heterocycles. The number of Topliss-reactive ketones (excluding diaryl/α,β-unsaturated/α-hetero) is 1. The van der Waals surface area contributed by atoms with Crippen molar-refractivity contribution in [3.05, 3.63) is 64.7 Å². The molecule has 7 nitrogen and oxygen atoms in total. The number of ether oxygens (including phenoxy) is 3. The van der Waals surface area contributed by atoms with Gasteiger partial charge in [0, 0.05) is 12.1 Å². The normalized spacial score (nSPS) is 19.4. The minimum absolute atomic E-state index is 0.00169. The van der Waals surface area contributed by atoms with Crippen molar-refractivity contribution in [2.45, 2.75) is 39.3 Å². The maximum atomic E-state index is 13.1. The largest absolute Gasteiger partial charge is 0.507 e. The lowest BCUT2D eigenvalue weighted by Gasteiger charge is -2.26. The Balaban J connectivity index is 1.77. The van der Waals surface area contributed by atoms with Crippen LogP contribution >= 0.6 is 0 Å². The highest BCUT2D eigenvalue weighted by Gasteiger charge is 2.46. The molecule has 2 aromatic rings. The second kappa shape index (κ2) is 9.67. The Morgan fingerprint density at radius 3 is 2.45 bits per heavy atom. The van der Waals surface area contributed by atoms with E-state index in [0.29, 0.717) is 30.3 Å². The van der Waals surface area contributed by atoms with Gasteiger partial charge in [-0.3, -0.25) is 9.59 Å². The summed E-state index contributed by atoms with van der Waals surface area (Å²) in [5.74, 6) is -0.519. The lowest BCUT2D eigenvalue weighted by Crippen LogP contribution is -2.33. The molecular formula is C26H29NO6. The zero-order valence-corrected chi connectivity index (χ0v) is 19.2. The van der Waals surface area contributed by atoms with Crippen LogP contribution in [0, 0.1) is 0 Å². The van der Waals surface area contributed by atoms with Gasteiger partial charge >= 0.3 is 0 Å². The minimum Gasteiger partial charge on any atom is -0.507 e. The highest BCUT2D eigenvalue weighted by atomic mass is 16.6. The molecule has 0 spiro atoms. The number of hydrogen-bond acceptors (Lipinski definition) is 6. The van der Waals surface area contributed by atoms with Crippen LogP contribution in [0.3, 0.4) is 0 Å². The Labute approximate surface area is 193 Å². The Hall–Kier alpha value is -3.32. The van der Waals surface area contributed by atoms with Crippen molar-refractivity contribution < 1.29 is 28.9 Å². The summed E-state index contributed by atoms with van der Waals surface area (Å²) in [5, 5.41) is 11.2. The summed E-state index contributed by atoms with van der Waals surface area (Å²) in [6.45, 7) is 7.27. The zero-order chi connectivity index (χ0) is 23.5. The highest BCUT2D eigenvalue weighted by Crippen LogP contribution is 2.41. The van der Waals surface area contributed by atoms with E-state index in [0.717, 1.165) is 17.5 Å². The maximum absolute atomic E-state index is 13.1. The number of aliphatic hydroxyl groups excluding tert-OH is 1. The number of carbonyl (C=O) groups is 2. The lowest BCUT2D eigenvalue weighted by atomic mass is 9.94. The van der Waals surface area contributed by atoms with Crippen molar-refractivity contribution in [1.29, 1.82) is 0 Å². The van der Waals surface area contributed by atoms with E-state index in [1.807, 2.05) is 38.1 Å². The number of carbonyl (C=O) groups excluding carboxylic acids is 2. The van der Waals surface area contributed by atoms with Gasteiger partial charge in [0.05, 0.1) is 24.3 Å². The summed E-state index contributed by atoms with van der Waals surface area (Å²) in [4.78, 5) is 27.6. The van der Waals surface area contributed by atoms with Gasteiger partial charge < -0.3 is 24.2 Å². The fourth-order valence-corrected chi connectivity index (χ4v) is 4.13. The fraction of sp³-hybridized carbons (Fsp3) is 0.385. The predicted octanol–water partition coefficient (Wildman–Crippen LogP) is 3.87. The van der Waals surface area contributed by atoms with E-state index < -0.39 is 17.7 Å². The molecule has 1 saturated heterocycles. The molecule has 33 heavy (non-hydrogen) atoms. The minimum atomic E-state index is -0.712. The first-order chi connectivity index (χ1) is 15.9. The van der Waals surface area contributed by atoms with Crippen molar-refractivity contribution in [2.75, 3.05) is 26.4 Å². The van der Waals surface area contributed by atoms with Gasteiger partial charge in [-0.2, -0.15) is 0 Å². The van der Waals surface area contributed by atoms with E-state index in [4.69, 9.17) is 14.2 Å². The fourth-order valence-electron chi connectivity index (χ4n) is 4.13. The Kier molecular flexibility index (Phi) is 6.70. The maximum Gasteiger partial charge on any atom is 0.295 e. The molecule has 4 rings (SSSR count). The van der Waals surface area contributed by atoms with Crippen molar-refractivity contribution in [1.82, 2.24) is 4.90 Å². The standard InChI is InChI=1S/C26H29NO6/c1-4-17-5-7-18(8-6-17)23-22(25(29)26(30)27(23)11-12-31-16(2)3)24(28)19-9-10-20-21(15-19)33-14-13-32-20/h5-10,15-16,23,28H,4,11-14H2,1-3H3/b24-22-. The number of likely N-dealkylation sites (tertiary alicyclic amines) is 1. The topological polar surface area (TPSA) is 85.3 Å². The second-order valence-corrected chi connectivity index (χ2v) is 8.37. The van der Waals surface area contributed by atoms with E-state index in [1.54, 1.807) is 18.2 Å². The third-order valence-corrected chi connectivity index (χ3v) is 5.84. The number of amides is 1. The molecule has 174 valence electrons. The van der Waals surface area contributed by atoms with Crippen LogP contribution in [-0.4, -0.2) is 54.2 Å². The van der Waals surface area contributed by atoms with E-state index in [-0.39, 0.29) is 30.6 Å². The molecule has 2 aliphatic heterocycles. The van der Waals surface area contributed by atoms with Crippen LogP contribution in [0.15, 0.2) is 48.0 Å². The SMILES string of the molecule is CCc1ccc(C2/C(=C(/O)c3ccc4c(c3)OCCO4)C(=O)C(=O)N2CCOC(C)C)cc1. The van der Waals surface area contributed by atoms with E-state index in [9.17, 15) is 14.7 Å². The molecule has 0 bridgehead atoms. The van der Waals surface area contributed by atoms with Gasteiger partial charge in [-0.25, -0.2) is 0 Å². The zero-order valence-electron chi connectivity index (χ0n) is 19.2. The molecule has 1 fully saturated rings. The monoisotopic (exact) mass is 451 g/mol. The molecule has 1 atom stereocenters. The first kappa shape index (κ1) is 22.9. The van der Waals surface area contributed by atoms with Gasteiger partial charge in [-0.15, -0.1) is 0 Å². The summed E-state index contributed by atoms with van der Waals surface area (Å²) < 4.78 is 16.8. The summed E-state index contributed by atoms with van der Waals surface area (Å²) in [7, 11) is 0. The van der Waals surface area contributed by atoms with Crippen LogP contribution in [0.4, 0.5) is 0 Å². The Morgan fingerprint density at radius 2 is 1.79 bits per heavy atom. The molecule has 0 saturated carbocycles. The van der Waals surface area contributed by atoms with E-state index >= 15 is 0 Å². The first-order valence-electron chi connectivity index (χ1n) is 11.3. The Morgan fingerprint density at radius 1 is 1.09 bits per heavy atom. The Bertz CT molecular complexity index is 1070. The van der Waals surface area contributed by atoms with Crippen LogP contribution in [-0.2, 0) is 20.7 Å². The number of fused-ring (bicyclic) bond motifs is 1. The molecule has 1 amide bonds. The van der Waals surface area contributed by atoms with Crippen molar-refractivity contribution in [3.63, 3.8) is 0 Å². The smallest absolute Gasteiger partial charge is 0.295 e. The number of ketones is 1. The van der Waals surface area contributed by atoms with Gasteiger partial charge in [0.2, 0.25) is 0 Å². The van der Waals surface area contributed by atoms with Crippen LogP contribution in [0.2, 0.25) is 0 Å². The quantitative estimate of drug-likeness (QED) is 0.391. The van der Waals surface area contributed by atoms with Gasteiger partial charge in [0.25, 0.3) is 11.7 Å². The molecule has 2 aromatic carbocycles. The third-order valence-electron chi connectivity index (χ3n) is 5.84. The van der Waals surface area contributed by atoms with Crippen molar-refractivity contribution >= 4 is 17.4 Å². The van der Waals surface area contributed by atoms with Crippen LogP contribution in [0.1, 0.15) is 43.5 Å². The lowest BCUT2D eigenvalue weighted by molar-refractivity contribution is -0.140.